The van der Waals surface area contributed by atoms with Gasteiger partial charge in [-0.05, 0) is 57.2 Å². The molecule has 2 aliphatic rings. The van der Waals surface area contributed by atoms with Gasteiger partial charge in [0.1, 0.15) is 0 Å². The van der Waals surface area contributed by atoms with Gasteiger partial charge in [-0.1, -0.05) is 24.3 Å². The first-order valence-electron chi connectivity index (χ1n) is 8.81. The van der Waals surface area contributed by atoms with Crippen LogP contribution in [0.2, 0.25) is 0 Å². The van der Waals surface area contributed by atoms with Gasteiger partial charge in [0.2, 0.25) is 5.91 Å². The number of hydrogen-bond donors (Lipinski definition) is 0. The van der Waals surface area contributed by atoms with E-state index in [1.54, 1.807) is 0 Å². The molecule has 4 nitrogen and oxygen atoms in total. The first-order chi connectivity index (χ1) is 11.4. The van der Waals surface area contributed by atoms with Gasteiger partial charge in [0.25, 0.3) is 0 Å². The van der Waals surface area contributed by atoms with E-state index in [1.807, 2.05) is 6.07 Å². The number of likely N-dealkylation sites (tertiary alicyclic amines) is 1. The predicted molar refractivity (Wildman–Crippen MR) is 98.8 cm³/mol. The maximum atomic E-state index is 13.0. The van der Waals surface area contributed by atoms with E-state index < -0.39 is 0 Å². The van der Waals surface area contributed by atoms with Crippen molar-refractivity contribution >= 4 is 12.0 Å². The summed E-state index contributed by atoms with van der Waals surface area (Å²) in [5.74, 6) is 1.34. The molecule has 0 radical (unpaired) electrons. The Labute approximate surface area is 145 Å². The highest BCUT2D eigenvalue weighted by molar-refractivity contribution is 6.00. The minimum absolute atomic E-state index is 0.233. The van der Waals surface area contributed by atoms with Crippen molar-refractivity contribution in [2.24, 2.45) is 11.8 Å². The van der Waals surface area contributed by atoms with Gasteiger partial charge in [-0.3, -0.25) is 4.79 Å². The minimum Gasteiger partial charge on any atom is -0.338 e. The van der Waals surface area contributed by atoms with Gasteiger partial charge in [0.05, 0.1) is 0 Å². The molecule has 0 N–H and O–H groups in total. The Morgan fingerprint density at radius 3 is 2.17 bits per heavy atom. The molecule has 130 valence electrons. The Morgan fingerprint density at radius 2 is 1.62 bits per heavy atom. The largest absolute Gasteiger partial charge is 0.338 e. The highest BCUT2D eigenvalue weighted by atomic mass is 16.2. The summed E-state index contributed by atoms with van der Waals surface area (Å²) in [6.07, 6.45) is 2.86. The Hall–Kier alpha value is -1.65. The molecule has 1 saturated heterocycles. The fraction of sp³-hybridized carbons (Fsp3) is 0.550. The second-order valence-electron chi connectivity index (χ2n) is 7.80. The van der Waals surface area contributed by atoms with E-state index in [0.717, 1.165) is 38.2 Å². The second-order valence-corrected chi connectivity index (χ2v) is 7.80. The first-order valence-corrected chi connectivity index (χ1v) is 8.81. The van der Waals surface area contributed by atoms with Crippen LogP contribution in [-0.4, -0.2) is 75.0 Å². The van der Waals surface area contributed by atoms with Crippen molar-refractivity contribution in [3.05, 3.63) is 41.0 Å². The van der Waals surface area contributed by atoms with Crippen LogP contribution >= 0.6 is 0 Å². The molecule has 1 aromatic rings. The molecule has 2 atom stereocenters. The molecule has 3 rings (SSSR count). The zero-order chi connectivity index (χ0) is 17.3. The third-order valence-electron chi connectivity index (χ3n) is 5.10. The van der Waals surface area contributed by atoms with Gasteiger partial charge in [-0.15, -0.1) is 0 Å². The molecule has 24 heavy (non-hydrogen) atoms. The molecule has 1 aliphatic carbocycles. The number of amides is 1. The average molecular weight is 327 g/mol. The summed E-state index contributed by atoms with van der Waals surface area (Å²) >= 11 is 0. The average Bonchev–Trinajstić information content (AvgIpc) is 3.10. The van der Waals surface area contributed by atoms with Crippen molar-refractivity contribution in [2.45, 2.75) is 6.42 Å². The molecule has 4 heteroatoms. The lowest BCUT2D eigenvalue weighted by Crippen LogP contribution is -2.32. The third kappa shape index (κ3) is 3.70. The monoisotopic (exact) mass is 327 g/mol. The van der Waals surface area contributed by atoms with Crippen LogP contribution in [0.3, 0.4) is 0 Å². The molecule has 0 aromatic heterocycles. The summed E-state index contributed by atoms with van der Waals surface area (Å²) in [6, 6.07) is 8.32. The zero-order valence-electron chi connectivity index (χ0n) is 15.3. The summed E-state index contributed by atoms with van der Waals surface area (Å²) in [5, 5.41) is 0. The summed E-state index contributed by atoms with van der Waals surface area (Å²) in [7, 11) is 8.47. The molecular formula is C20H29N3O. The molecular weight excluding hydrogens is 298 g/mol. The van der Waals surface area contributed by atoms with E-state index >= 15 is 0 Å². The molecule has 1 aliphatic heterocycles. The van der Waals surface area contributed by atoms with Crippen LogP contribution in [0.4, 0.5) is 0 Å². The number of hydrogen-bond acceptors (Lipinski definition) is 3. The highest BCUT2D eigenvalue weighted by Crippen LogP contribution is 2.30. The zero-order valence-corrected chi connectivity index (χ0v) is 15.3. The third-order valence-corrected chi connectivity index (χ3v) is 5.10. The predicted octanol–water partition coefficient (Wildman–Crippen LogP) is 1.82. The van der Waals surface area contributed by atoms with E-state index in [2.05, 4.69) is 67.2 Å². The Bertz CT molecular complexity index is 618. The Kier molecular flexibility index (Phi) is 5.07. The Balaban J connectivity index is 1.70. The first kappa shape index (κ1) is 17.2. The lowest BCUT2D eigenvalue weighted by atomic mass is 9.95. The number of fused-ring (bicyclic) bond motifs is 1. The summed E-state index contributed by atoms with van der Waals surface area (Å²) < 4.78 is 0. The van der Waals surface area contributed by atoms with Crippen molar-refractivity contribution in [2.75, 3.05) is 54.4 Å². The van der Waals surface area contributed by atoms with Crippen LogP contribution in [0, 0.1) is 11.8 Å². The van der Waals surface area contributed by atoms with Crippen molar-refractivity contribution in [3.8, 4) is 0 Å². The van der Waals surface area contributed by atoms with E-state index in [0.29, 0.717) is 11.8 Å². The number of carbonyl (C=O) groups excluding carboxylic acids is 1. The smallest absolute Gasteiger partial charge is 0.250 e. The van der Waals surface area contributed by atoms with E-state index in [9.17, 15) is 4.79 Å². The molecule has 0 unspecified atom stereocenters. The van der Waals surface area contributed by atoms with Gasteiger partial charge in [-0.25, -0.2) is 0 Å². The fourth-order valence-corrected chi connectivity index (χ4v) is 4.08. The van der Waals surface area contributed by atoms with Crippen LogP contribution in [0.1, 0.15) is 11.1 Å². The summed E-state index contributed by atoms with van der Waals surface area (Å²) in [4.78, 5) is 19.6. The van der Waals surface area contributed by atoms with Crippen molar-refractivity contribution < 1.29 is 4.79 Å². The Morgan fingerprint density at radius 1 is 1.04 bits per heavy atom. The highest BCUT2D eigenvalue weighted by Gasteiger charge is 2.36. The fourth-order valence-electron chi connectivity index (χ4n) is 4.08. The van der Waals surface area contributed by atoms with Crippen molar-refractivity contribution in [1.82, 2.24) is 14.7 Å². The lowest BCUT2D eigenvalue weighted by molar-refractivity contribution is -0.126. The number of nitrogens with zero attached hydrogens (tertiary/aromatic N) is 3. The van der Waals surface area contributed by atoms with Gasteiger partial charge in [-0.2, -0.15) is 0 Å². The quantitative estimate of drug-likeness (QED) is 0.825. The number of benzene rings is 1. The van der Waals surface area contributed by atoms with Crippen LogP contribution in [0.5, 0.6) is 0 Å². The molecule has 0 spiro atoms. The van der Waals surface area contributed by atoms with Crippen LogP contribution in [-0.2, 0) is 11.2 Å². The minimum atomic E-state index is 0.233. The molecule has 1 heterocycles. The van der Waals surface area contributed by atoms with Gasteiger partial charge in [0, 0.05) is 38.2 Å². The topological polar surface area (TPSA) is 26.8 Å². The summed E-state index contributed by atoms with van der Waals surface area (Å²) in [6.45, 7) is 3.84. The standard InChI is InChI=1S/C20H29N3O/c1-21(2)11-18-13-23(14-19(18)12-22(3)4)20(24)17-9-15-7-5-6-8-16(15)10-17/h5-9,18-19H,10-14H2,1-4H3/t18-,19-/m1/s1. The molecule has 0 bridgehead atoms. The maximum Gasteiger partial charge on any atom is 0.250 e. The van der Waals surface area contributed by atoms with E-state index in [4.69, 9.17) is 0 Å². The van der Waals surface area contributed by atoms with E-state index in [1.165, 1.54) is 11.1 Å². The van der Waals surface area contributed by atoms with Crippen molar-refractivity contribution in [1.29, 1.82) is 0 Å². The maximum absolute atomic E-state index is 13.0. The molecule has 1 fully saturated rings. The normalized spacial score (nSPS) is 23.1. The van der Waals surface area contributed by atoms with Gasteiger partial charge in [0.15, 0.2) is 0 Å². The lowest BCUT2D eigenvalue weighted by Gasteiger charge is -2.24. The SMILES string of the molecule is CN(C)C[C@@H]1CN(C(=O)C2=Cc3ccccc3C2)C[C@H]1CN(C)C. The number of rotatable bonds is 5. The van der Waals surface area contributed by atoms with Gasteiger partial charge >= 0.3 is 0 Å². The van der Waals surface area contributed by atoms with Crippen LogP contribution in [0.25, 0.3) is 6.08 Å². The van der Waals surface area contributed by atoms with E-state index in [-0.39, 0.29) is 5.91 Å². The van der Waals surface area contributed by atoms with Crippen LogP contribution < -0.4 is 0 Å². The molecule has 1 aromatic carbocycles. The number of carbonyl (C=O) groups is 1. The van der Waals surface area contributed by atoms with Crippen LogP contribution in [0.15, 0.2) is 29.8 Å². The van der Waals surface area contributed by atoms with Gasteiger partial charge < -0.3 is 14.7 Å². The molecule has 0 saturated carbocycles. The second kappa shape index (κ2) is 7.08. The summed E-state index contributed by atoms with van der Waals surface area (Å²) in [5.41, 5.74) is 3.43. The van der Waals surface area contributed by atoms with Crippen molar-refractivity contribution in [3.63, 3.8) is 0 Å². The molecule has 1 amide bonds.